The Balaban J connectivity index is 1.77. The first-order chi connectivity index (χ1) is 10.1. The van der Waals surface area contributed by atoms with Crippen molar-refractivity contribution in [2.75, 3.05) is 33.4 Å². The topological polar surface area (TPSA) is 76.1 Å². The van der Waals surface area contributed by atoms with Gasteiger partial charge < -0.3 is 19.5 Å². The van der Waals surface area contributed by atoms with Crippen molar-refractivity contribution in [2.24, 2.45) is 0 Å². The summed E-state index contributed by atoms with van der Waals surface area (Å²) in [6, 6.07) is 5.96. The molecule has 114 valence electrons. The number of methoxy groups -OCH3 is 1. The van der Waals surface area contributed by atoms with E-state index in [1.165, 1.54) is 12.1 Å². The van der Waals surface area contributed by atoms with Crippen molar-refractivity contribution in [3.05, 3.63) is 35.4 Å². The van der Waals surface area contributed by atoms with E-state index < -0.39 is 5.97 Å². The number of nitrogens with zero attached hydrogens (tertiary/aromatic N) is 1. The average molecular weight is 293 g/mol. The van der Waals surface area contributed by atoms with Gasteiger partial charge in [-0.2, -0.15) is 0 Å². The van der Waals surface area contributed by atoms with E-state index in [1.54, 1.807) is 24.1 Å². The second-order valence-electron chi connectivity index (χ2n) is 4.93. The Hall–Kier alpha value is -1.92. The summed E-state index contributed by atoms with van der Waals surface area (Å²) in [7, 11) is 1.65. The fourth-order valence-corrected chi connectivity index (χ4v) is 2.10. The lowest BCUT2D eigenvalue weighted by atomic mass is 10.1. The molecule has 0 radical (unpaired) electrons. The highest BCUT2D eigenvalue weighted by atomic mass is 16.5. The van der Waals surface area contributed by atoms with Crippen LogP contribution in [0.25, 0.3) is 0 Å². The molecule has 1 aliphatic rings. The monoisotopic (exact) mass is 293 g/mol. The molecule has 6 nitrogen and oxygen atoms in total. The number of carboxylic acids is 1. The summed E-state index contributed by atoms with van der Waals surface area (Å²) in [6.45, 7) is 2.46. The zero-order valence-electron chi connectivity index (χ0n) is 11.9. The molecule has 1 amide bonds. The quantitative estimate of drug-likeness (QED) is 0.766. The van der Waals surface area contributed by atoms with Gasteiger partial charge >= 0.3 is 5.97 Å². The van der Waals surface area contributed by atoms with E-state index >= 15 is 0 Å². The highest BCUT2D eigenvalue weighted by Gasteiger charge is 2.31. The van der Waals surface area contributed by atoms with E-state index in [-0.39, 0.29) is 17.6 Å². The number of carboxylic acid groups (broad SMARTS) is 1. The van der Waals surface area contributed by atoms with Crippen LogP contribution in [0.3, 0.4) is 0 Å². The van der Waals surface area contributed by atoms with E-state index in [4.69, 9.17) is 14.6 Å². The summed E-state index contributed by atoms with van der Waals surface area (Å²) in [5.41, 5.74) is 0.673. The summed E-state index contributed by atoms with van der Waals surface area (Å²) in [5, 5.41) is 8.82. The Morgan fingerprint density at radius 2 is 1.81 bits per heavy atom. The molecule has 21 heavy (non-hydrogen) atoms. The fourth-order valence-electron chi connectivity index (χ4n) is 2.10. The van der Waals surface area contributed by atoms with Gasteiger partial charge in [0, 0.05) is 39.0 Å². The first-order valence-corrected chi connectivity index (χ1v) is 6.85. The molecule has 0 spiro atoms. The largest absolute Gasteiger partial charge is 0.478 e. The van der Waals surface area contributed by atoms with E-state index in [9.17, 15) is 9.59 Å². The average Bonchev–Trinajstić information content (AvgIpc) is 2.44. The van der Waals surface area contributed by atoms with Crippen molar-refractivity contribution in [2.45, 2.75) is 12.5 Å². The van der Waals surface area contributed by atoms with Gasteiger partial charge in [0.15, 0.2) is 0 Å². The Kier molecular flexibility index (Phi) is 5.30. The Morgan fingerprint density at radius 3 is 2.38 bits per heavy atom. The molecular formula is C15H19NO5. The predicted octanol–water partition coefficient (Wildman–Crippen LogP) is 1.26. The van der Waals surface area contributed by atoms with Gasteiger partial charge in [-0.3, -0.25) is 4.79 Å². The maximum absolute atomic E-state index is 12.1. The first kappa shape index (κ1) is 15.5. The van der Waals surface area contributed by atoms with Gasteiger partial charge in [-0.15, -0.1) is 0 Å². The van der Waals surface area contributed by atoms with Crippen LogP contribution in [0, 0.1) is 0 Å². The van der Waals surface area contributed by atoms with Crippen molar-refractivity contribution >= 4 is 11.9 Å². The van der Waals surface area contributed by atoms with Gasteiger partial charge in [-0.25, -0.2) is 4.79 Å². The van der Waals surface area contributed by atoms with Gasteiger partial charge in [-0.1, -0.05) is 0 Å². The van der Waals surface area contributed by atoms with Crippen LogP contribution in [0.4, 0.5) is 0 Å². The molecule has 0 unspecified atom stereocenters. The Bertz CT molecular complexity index is 493. The summed E-state index contributed by atoms with van der Waals surface area (Å²) < 4.78 is 10.5. The molecule has 0 aliphatic carbocycles. The van der Waals surface area contributed by atoms with E-state index in [0.29, 0.717) is 31.9 Å². The predicted molar refractivity (Wildman–Crippen MR) is 75.5 cm³/mol. The van der Waals surface area contributed by atoms with Crippen molar-refractivity contribution < 1.29 is 24.2 Å². The third kappa shape index (κ3) is 4.03. The molecule has 0 aromatic heterocycles. The number of carbonyl (C=O) groups is 2. The van der Waals surface area contributed by atoms with Crippen LogP contribution in [0.15, 0.2) is 24.3 Å². The Morgan fingerprint density at radius 1 is 1.19 bits per heavy atom. The van der Waals surface area contributed by atoms with E-state index in [2.05, 4.69) is 0 Å². The Labute approximate surface area is 123 Å². The number of carbonyl (C=O) groups excluding carboxylic acids is 1. The lowest BCUT2D eigenvalue weighted by molar-refractivity contribution is -0.0464. The fraction of sp³-hybridized carbons (Fsp3) is 0.467. The molecule has 0 atom stereocenters. The number of hydrogen-bond acceptors (Lipinski definition) is 4. The van der Waals surface area contributed by atoms with Crippen molar-refractivity contribution in [3.8, 4) is 0 Å². The molecule has 1 N–H and O–H groups in total. The summed E-state index contributed by atoms with van der Waals surface area (Å²) >= 11 is 0. The summed E-state index contributed by atoms with van der Waals surface area (Å²) in [6.07, 6.45) is 0.932. The minimum Gasteiger partial charge on any atom is -0.478 e. The van der Waals surface area contributed by atoms with E-state index in [0.717, 1.165) is 6.42 Å². The molecule has 1 heterocycles. The van der Waals surface area contributed by atoms with Crippen LogP contribution in [0.5, 0.6) is 0 Å². The number of ether oxygens (including phenoxy) is 2. The zero-order valence-corrected chi connectivity index (χ0v) is 11.9. The number of benzene rings is 1. The molecule has 1 fully saturated rings. The zero-order chi connectivity index (χ0) is 15.2. The first-order valence-electron chi connectivity index (χ1n) is 6.85. The van der Waals surface area contributed by atoms with Gasteiger partial charge in [0.1, 0.15) is 0 Å². The van der Waals surface area contributed by atoms with Crippen LogP contribution >= 0.6 is 0 Å². The molecule has 1 aromatic carbocycles. The standard InChI is InChI=1S/C15H19NO5/c1-20-7-2-8-21-13-9-16(10-13)14(17)11-3-5-12(6-4-11)15(18)19/h3-6,13H,2,7-10H2,1H3,(H,18,19). The third-order valence-corrected chi connectivity index (χ3v) is 3.36. The smallest absolute Gasteiger partial charge is 0.335 e. The molecule has 0 bridgehead atoms. The second-order valence-corrected chi connectivity index (χ2v) is 4.93. The van der Waals surface area contributed by atoms with Crippen LogP contribution < -0.4 is 0 Å². The SMILES string of the molecule is COCCCOC1CN(C(=O)c2ccc(C(=O)O)cc2)C1. The number of rotatable bonds is 7. The van der Waals surface area contributed by atoms with Crippen LogP contribution in [0.2, 0.25) is 0 Å². The minimum absolute atomic E-state index is 0.0871. The molecule has 1 aromatic rings. The summed E-state index contributed by atoms with van der Waals surface area (Å²) in [4.78, 5) is 24.6. The van der Waals surface area contributed by atoms with Gasteiger partial charge in [0.2, 0.25) is 0 Å². The number of hydrogen-bond donors (Lipinski definition) is 1. The van der Waals surface area contributed by atoms with Crippen LogP contribution in [-0.4, -0.2) is 61.4 Å². The number of likely N-dealkylation sites (tertiary alicyclic amines) is 1. The number of aromatic carboxylic acids is 1. The number of amides is 1. The van der Waals surface area contributed by atoms with Crippen LogP contribution in [-0.2, 0) is 9.47 Å². The molecule has 6 heteroatoms. The summed E-state index contributed by atoms with van der Waals surface area (Å²) in [5.74, 6) is -1.09. The van der Waals surface area contributed by atoms with E-state index in [1.807, 2.05) is 0 Å². The molecule has 1 saturated heterocycles. The maximum Gasteiger partial charge on any atom is 0.335 e. The maximum atomic E-state index is 12.1. The lowest BCUT2D eigenvalue weighted by Crippen LogP contribution is -2.54. The van der Waals surface area contributed by atoms with Crippen molar-refractivity contribution in [1.82, 2.24) is 4.90 Å². The molecule has 1 aliphatic heterocycles. The molecular weight excluding hydrogens is 274 g/mol. The highest BCUT2D eigenvalue weighted by molar-refractivity contribution is 5.96. The van der Waals surface area contributed by atoms with Crippen molar-refractivity contribution in [3.63, 3.8) is 0 Å². The minimum atomic E-state index is -0.998. The molecule has 2 rings (SSSR count). The van der Waals surface area contributed by atoms with Crippen LogP contribution in [0.1, 0.15) is 27.1 Å². The molecule has 0 saturated carbocycles. The third-order valence-electron chi connectivity index (χ3n) is 3.36. The van der Waals surface area contributed by atoms with Gasteiger partial charge in [0.25, 0.3) is 5.91 Å². The van der Waals surface area contributed by atoms with Gasteiger partial charge in [-0.05, 0) is 30.7 Å². The van der Waals surface area contributed by atoms with Crippen molar-refractivity contribution in [1.29, 1.82) is 0 Å². The van der Waals surface area contributed by atoms with Gasteiger partial charge in [0.05, 0.1) is 11.7 Å². The normalized spacial score (nSPS) is 14.8. The highest BCUT2D eigenvalue weighted by Crippen LogP contribution is 2.16. The lowest BCUT2D eigenvalue weighted by Gasteiger charge is -2.39. The second kappa shape index (κ2) is 7.19.